The van der Waals surface area contributed by atoms with Crippen molar-refractivity contribution in [2.24, 2.45) is 28.9 Å². The van der Waals surface area contributed by atoms with Gasteiger partial charge in [0.05, 0.1) is 5.76 Å². The van der Waals surface area contributed by atoms with Crippen LogP contribution in [-0.4, -0.2) is 10.6 Å². The summed E-state index contributed by atoms with van der Waals surface area (Å²) in [5.74, 6) is 2.68. The van der Waals surface area contributed by atoms with Gasteiger partial charge in [0, 0.05) is 12.0 Å². The third-order valence-electron chi connectivity index (χ3n) is 7.77. The van der Waals surface area contributed by atoms with Crippen LogP contribution in [0.3, 0.4) is 0 Å². The fourth-order valence-corrected chi connectivity index (χ4v) is 6.32. The first-order valence-corrected chi connectivity index (χ1v) is 8.83. The van der Waals surface area contributed by atoms with Crippen LogP contribution in [-0.2, 0) is 0 Å². The molecule has 5 atom stereocenters. The van der Waals surface area contributed by atoms with Crippen molar-refractivity contribution in [2.75, 3.05) is 0 Å². The summed E-state index contributed by atoms with van der Waals surface area (Å²) in [6, 6.07) is 0. The Morgan fingerprint density at radius 1 is 1.24 bits per heavy atom. The number of allylic oxidation sites excluding steroid dienone is 2. The van der Waals surface area contributed by atoms with Crippen LogP contribution >= 0.6 is 0 Å². The number of aliphatic hydroxyl groups is 1. The first-order valence-electron chi connectivity index (χ1n) is 8.83. The highest BCUT2D eigenvalue weighted by atomic mass is 16.3. The van der Waals surface area contributed by atoms with E-state index in [1.165, 1.54) is 31.3 Å². The van der Waals surface area contributed by atoms with Gasteiger partial charge in [0.2, 0.25) is 0 Å². The maximum Gasteiger partial charge on any atom is 0.0926 e. The van der Waals surface area contributed by atoms with Crippen molar-refractivity contribution >= 4 is 0 Å². The molecule has 0 bridgehead atoms. The number of rotatable bonds is 0. The third kappa shape index (κ3) is 1.75. The number of aliphatic hydroxyl groups excluding tert-OH is 1. The van der Waals surface area contributed by atoms with E-state index in [0.717, 1.165) is 31.6 Å². The van der Waals surface area contributed by atoms with Crippen LogP contribution < -0.4 is 5.73 Å². The Labute approximate surface area is 128 Å². The minimum absolute atomic E-state index is 0.0252. The third-order valence-corrected chi connectivity index (χ3v) is 7.77. The molecular formula is C19H29NO. The van der Waals surface area contributed by atoms with E-state index in [4.69, 9.17) is 5.73 Å². The molecule has 5 unspecified atom stereocenters. The maximum absolute atomic E-state index is 9.83. The highest BCUT2D eigenvalue weighted by molar-refractivity contribution is 5.35. The van der Waals surface area contributed by atoms with Crippen LogP contribution in [0.15, 0.2) is 23.0 Å². The molecule has 2 nitrogen and oxygen atoms in total. The Balaban J connectivity index is 1.71. The molecule has 2 heteroatoms. The molecule has 2 saturated carbocycles. The second-order valence-electron chi connectivity index (χ2n) is 8.45. The highest BCUT2D eigenvalue weighted by Crippen LogP contribution is 2.63. The summed E-state index contributed by atoms with van der Waals surface area (Å²) in [5, 5.41) is 9.83. The van der Waals surface area contributed by atoms with E-state index in [-0.39, 0.29) is 5.54 Å². The van der Waals surface area contributed by atoms with Gasteiger partial charge in [0.25, 0.3) is 0 Å². The monoisotopic (exact) mass is 287 g/mol. The lowest BCUT2D eigenvalue weighted by Crippen LogP contribution is -2.62. The van der Waals surface area contributed by atoms with E-state index in [2.05, 4.69) is 13.8 Å². The van der Waals surface area contributed by atoms with E-state index in [1.54, 1.807) is 5.57 Å². The van der Waals surface area contributed by atoms with E-state index in [0.29, 0.717) is 23.0 Å². The molecule has 4 aliphatic carbocycles. The Morgan fingerprint density at radius 2 is 2.05 bits per heavy atom. The molecule has 2 fully saturated rings. The molecule has 116 valence electrons. The molecular weight excluding hydrogens is 258 g/mol. The van der Waals surface area contributed by atoms with Gasteiger partial charge in [-0.15, -0.1) is 0 Å². The van der Waals surface area contributed by atoms with Crippen LogP contribution in [0.4, 0.5) is 0 Å². The minimum Gasteiger partial charge on any atom is -0.512 e. The average molecular weight is 287 g/mol. The lowest BCUT2D eigenvalue weighted by Gasteiger charge is -2.57. The van der Waals surface area contributed by atoms with Crippen molar-refractivity contribution < 1.29 is 5.11 Å². The predicted molar refractivity (Wildman–Crippen MR) is 85.8 cm³/mol. The van der Waals surface area contributed by atoms with Gasteiger partial charge in [-0.1, -0.05) is 25.0 Å². The zero-order valence-electron chi connectivity index (χ0n) is 13.5. The molecule has 0 heterocycles. The Hall–Kier alpha value is -0.760. The summed E-state index contributed by atoms with van der Waals surface area (Å²) in [6.07, 6.45) is 11.3. The zero-order valence-corrected chi connectivity index (χ0v) is 13.5. The number of nitrogens with two attached hydrogens (primary N) is 1. The normalized spacial score (nSPS) is 49.3. The van der Waals surface area contributed by atoms with Gasteiger partial charge in [0.15, 0.2) is 0 Å². The summed E-state index contributed by atoms with van der Waals surface area (Å²) in [4.78, 5) is 0. The van der Waals surface area contributed by atoms with Gasteiger partial charge in [-0.3, -0.25) is 0 Å². The molecule has 0 saturated heterocycles. The first kappa shape index (κ1) is 13.9. The second-order valence-corrected chi connectivity index (χ2v) is 8.45. The zero-order chi connectivity index (χ0) is 14.8. The topological polar surface area (TPSA) is 46.2 Å². The van der Waals surface area contributed by atoms with Gasteiger partial charge < -0.3 is 10.8 Å². The van der Waals surface area contributed by atoms with Gasteiger partial charge in [-0.2, -0.15) is 0 Å². The molecule has 0 amide bonds. The van der Waals surface area contributed by atoms with Crippen molar-refractivity contribution in [3.8, 4) is 0 Å². The summed E-state index contributed by atoms with van der Waals surface area (Å²) >= 11 is 0. The first-order chi connectivity index (χ1) is 9.95. The number of hydrogen-bond donors (Lipinski definition) is 2. The quantitative estimate of drug-likeness (QED) is 0.646. The molecule has 3 N–H and O–H groups in total. The minimum atomic E-state index is 0.0252. The van der Waals surface area contributed by atoms with Gasteiger partial charge in [0.1, 0.15) is 0 Å². The van der Waals surface area contributed by atoms with Gasteiger partial charge >= 0.3 is 0 Å². The molecule has 0 aromatic heterocycles. The van der Waals surface area contributed by atoms with Crippen LogP contribution in [0.2, 0.25) is 0 Å². The predicted octanol–water partition coefficient (Wildman–Crippen LogP) is 4.47. The molecule has 0 aliphatic heterocycles. The Kier molecular flexibility index (Phi) is 2.89. The second kappa shape index (κ2) is 4.38. The molecule has 0 spiro atoms. The van der Waals surface area contributed by atoms with Crippen molar-refractivity contribution in [2.45, 2.75) is 70.8 Å². The number of hydrogen-bond acceptors (Lipinski definition) is 2. The number of fused-ring (bicyclic) bond motifs is 4. The lowest BCUT2D eigenvalue weighted by atomic mass is 9.50. The van der Waals surface area contributed by atoms with E-state index < -0.39 is 0 Å². The van der Waals surface area contributed by atoms with Crippen LogP contribution in [0.25, 0.3) is 0 Å². The summed E-state index contributed by atoms with van der Waals surface area (Å²) in [7, 11) is 0. The van der Waals surface area contributed by atoms with Crippen molar-refractivity contribution in [1.29, 1.82) is 0 Å². The van der Waals surface area contributed by atoms with Crippen molar-refractivity contribution in [3.63, 3.8) is 0 Å². The van der Waals surface area contributed by atoms with Crippen LogP contribution in [0.1, 0.15) is 65.2 Å². The van der Waals surface area contributed by atoms with E-state index >= 15 is 0 Å². The lowest BCUT2D eigenvalue weighted by molar-refractivity contribution is -0.00342. The maximum atomic E-state index is 9.83. The van der Waals surface area contributed by atoms with E-state index in [1.807, 2.05) is 6.08 Å². The molecule has 4 rings (SSSR count). The summed E-state index contributed by atoms with van der Waals surface area (Å²) < 4.78 is 0. The summed E-state index contributed by atoms with van der Waals surface area (Å²) in [5.41, 5.74) is 10.7. The van der Waals surface area contributed by atoms with E-state index in [9.17, 15) is 5.11 Å². The Morgan fingerprint density at radius 3 is 2.86 bits per heavy atom. The molecule has 0 aromatic carbocycles. The molecule has 0 radical (unpaired) electrons. The van der Waals surface area contributed by atoms with Crippen LogP contribution in [0, 0.1) is 23.2 Å². The SMILES string of the molecule is CC1CCC2C1(C)CCC1C3=C(CCC12N)CC(O)=CC3. The smallest absolute Gasteiger partial charge is 0.0926 e. The van der Waals surface area contributed by atoms with Gasteiger partial charge in [-0.05, 0) is 74.2 Å². The molecule has 21 heavy (non-hydrogen) atoms. The highest BCUT2D eigenvalue weighted by Gasteiger charge is 2.59. The van der Waals surface area contributed by atoms with Crippen molar-refractivity contribution in [3.05, 3.63) is 23.0 Å². The fourth-order valence-electron chi connectivity index (χ4n) is 6.32. The Bertz CT molecular complexity index is 534. The largest absolute Gasteiger partial charge is 0.512 e. The fraction of sp³-hybridized carbons (Fsp3) is 0.789. The average Bonchev–Trinajstić information content (AvgIpc) is 2.75. The molecule has 4 aliphatic rings. The molecule has 0 aromatic rings. The van der Waals surface area contributed by atoms with Gasteiger partial charge in [-0.25, -0.2) is 0 Å². The van der Waals surface area contributed by atoms with Crippen LogP contribution in [0.5, 0.6) is 0 Å². The summed E-state index contributed by atoms with van der Waals surface area (Å²) in [6.45, 7) is 4.95. The van der Waals surface area contributed by atoms with Crippen molar-refractivity contribution in [1.82, 2.24) is 0 Å². The standard InChI is InChI=1S/C19H29NO/c1-12-3-6-17-18(12,2)9-8-16-15-5-4-14(21)11-13(15)7-10-19(16,17)20/h4,12,16-17,21H,3,5-11,20H2,1-2H3.